The predicted octanol–water partition coefficient (Wildman–Crippen LogP) is 1.33. The first kappa shape index (κ1) is 14.7. The second-order valence-corrected chi connectivity index (χ2v) is 3.73. The Balaban J connectivity index is 2.45. The number of carbonyl (C=O) groups is 1. The van der Waals surface area contributed by atoms with Crippen molar-refractivity contribution in [2.45, 2.75) is 19.8 Å². The van der Waals surface area contributed by atoms with Gasteiger partial charge in [0.1, 0.15) is 11.6 Å². The van der Waals surface area contributed by atoms with E-state index in [1.54, 1.807) is 6.92 Å². The summed E-state index contributed by atoms with van der Waals surface area (Å²) >= 11 is 0. The summed E-state index contributed by atoms with van der Waals surface area (Å²) in [6.07, 6.45) is 0.828. The Morgan fingerprint density at radius 1 is 1.58 bits per heavy atom. The van der Waals surface area contributed by atoms with Gasteiger partial charge in [0, 0.05) is 13.0 Å². The van der Waals surface area contributed by atoms with E-state index in [1.165, 1.54) is 12.1 Å². The predicted molar refractivity (Wildman–Crippen MR) is 69.7 cm³/mol. The molecule has 1 heterocycles. The molecule has 1 rings (SSSR count). The highest BCUT2D eigenvalue weighted by molar-refractivity contribution is 5.69. The number of nitrogens with one attached hydrogen (secondary N) is 1. The van der Waals surface area contributed by atoms with E-state index in [1.807, 2.05) is 0 Å². The number of nitrogens with two attached hydrogens (primary N) is 1. The highest BCUT2D eigenvalue weighted by Gasteiger charge is 2.09. The molecular formula is C11H16N4O4. The molecule has 0 fully saturated rings. The Hall–Kier alpha value is -2.38. The number of hydrogen-bond donors (Lipinski definition) is 2. The average Bonchev–Trinajstić information content (AvgIpc) is 2.34. The van der Waals surface area contributed by atoms with Crippen LogP contribution in [0.5, 0.6) is 0 Å². The fourth-order valence-electron chi connectivity index (χ4n) is 1.42. The van der Waals surface area contributed by atoms with E-state index in [9.17, 15) is 14.9 Å². The van der Waals surface area contributed by atoms with E-state index in [2.05, 4.69) is 10.3 Å². The summed E-state index contributed by atoms with van der Waals surface area (Å²) in [6, 6.07) is 2.48. The zero-order chi connectivity index (χ0) is 14.3. The largest absolute Gasteiger partial charge is 0.466 e. The first-order valence-corrected chi connectivity index (χ1v) is 5.84. The van der Waals surface area contributed by atoms with E-state index >= 15 is 0 Å². The molecule has 104 valence electrons. The fraction of sp³-hybridized carbons (Fsp3) is 0.455. The third-order valence-electron chi connectivity index (χ3n) is 2.21. The van der Waals surface area contributed by atoms with Crippen LogP contribution in [0.1, 0.15) is 19.8 Å². The van der Waals surface area contributed by atoms with Gasteiger partial charge in [-0.05, 0) is 13.3 Å². The van der Waals surface area contributed by atoms with Crippen molar-refractivity contribution < 1.29 is 14.5 Å². The van der Waals surface area contributed by atoms with Gasteiger partial charge >= 0.3 is 5.97 Å². The molecule has 3 N–H and O–H groups in total. The van der Waals surface area contributed by atoms with Gasteiger partial charge in [-0.3, -0.25) is 14.9 Å². The molecule has 0 saturated heterocycles. The molecule has 0 radical (unpaired) electrons. The molecule has 0 aliphatic rings. The number of rotatable bonds is 7. The zero-order valence-corrected chi connectivity index (χ0v) is 10.6. The minimum absolute atomic E-state index is 0.0714. The van der Waals surface area contributed by atoms with Gasteiger partial charge in [-0.2, -0.15) is 0 Å². The van der Waals surface area contributed by atoms with Crippen LogP contribution in [-0.2, 0) is 9.53 Å². The molecule has 19 heavy (non-hydrogen) atoms. The lowest BCUT2D eigenvalue weighted by Gasteiger charge is -2.06. The molecule has 0 aromatic carbocycles. The number of anilines is 2. The number of nitrogen functional groups attached to an aromatic ring is 1. The molecule has 8 heteroatoms. The Bertz CT molecular complexity index is 464. The summed E-state index contributed by atoms with van der Waals surface area (Å²) in [4.78, 5) is 25.1. The van der Waals surface area contributed by atoms with Crippen LogP contribution in [0.3, 0.4) is 0 Å². The molecule has 8 nitrogen and oxygen atoms in total. The smallest absolute Gasteiger partial charge is 0.305 e. The lowest BCUT2D eigenvalue weighted by molar-refractivity contribution is -0.384. The third-order valence-corrected chi connectivity index (χ3v) is 2.21. The molecule has 1 aromatic heterocycles. The van der Waals surface area contributed by atoms with E-state index in [-0.39, 0.29) is 23.9 Å². The number of nitro groups is 1. The van der Waals surface area contributed by atoms with E-state index in [0.29, 0.717) is 25.4 Å². The summed E-state index contributed by atoms with van der Waals surface area (Å²) < 4.78 is 4.77. The van der Waals surface area contributed by atoms with Crippen LogP contribution in [-0.4, -0.2) is 29.0 Å². The molecule has 0 bridgehead atoms. The van der Waals surface area contributed by atoms with Gasteiger partial charge in [-0.1, -0.05) is 0 Å². The minimum atomic E-state index is -0.540. The standard InChI is InChI=1S/C11H16N4O4/c1-2-19-11(16)4-3-5-13-10-7-8(15(17)18)6-9(12)14-10/h6-7H,2-5H2,1H3,(H3,12,13,14). The molecule has 1 aromatic rings. The number of pyridine rings is 1. The van der Waals surface area contributed by atoms with E-state index in [0.717, 1.165) is 0 Å². The van der Waals surface area contributed by atoms with Crippen LogP contribution >= 0.6 is 0 Å². The van der Waals surface area contributed by atoms with Gasteiger partial charge in [-0.15, -0.1) is 0 Å². The molecule has 0 aliphatic heterocycles. The minimum Gasteiger partial charge on any atom is -0.466 e. The van der Waals surface area contributed by atoms with Crippen molar-refractivity contribution in [1.29, 1.82) is 0 Å². The maximum atomic E-state index is 11.1. The van der Waals surface area contributed by atoms with Gasteiger partial charge in [0.25, 0.3) is 5.69 Å². The van der Waals surface area contributed by atoms with Crippen LogP contribution < -0.4 is 11.1 Å². The summed E-state index contributed by atoms with van der Waals surface area (Å²) in [5, 5.41) is 13.5. The van der Waals surface area contributed by atoms with Gasteiger partial charge in [0.05, 0.1) is 23.7 Å². The van der Waals surface area contributed by atoms with Crippen LogP contribution in [0.2, 0.25) is 0 Å². The lowest BCUT2D eigenvalue weighted by Crippen LogP contribution is -2.09. The monoisotopic (exact) mass is 268 g/mol. The normalized spacial score (nSPS) is 9.95. The number of hydrogen-bond acceptors (Lipinski definition) is 7. The summed E-state index contributed by atoms with van der Waals surface area (Å²) in [7, 11) is 0. The van der Waals surface area contributed by atoms with Gasteiger partial charge in [-0.25, -0.2) is 4.98 Å². The van der Waals surface area contributed by atoms with Crippen LogP contribution in [0.25, 0.3) is 0 Å². The Morgan fingerprint density at radius 2 is 2.32 bits per heavy atom. The second kappa shape index (κ2) is 7.14. The van der Waals surface area contributed by atoms with Crippen molar-refractivity contribution in [3.8, 4) is 0 Å². The fourth-order valence-corrected chi connectivity index (χ4v) is 1.42. The molecule has 0 atom stereocenters. The Morgan fingerprint density at radius 3 is 2.95 bits per heavy atom. The SMILES string of the molecule is CCOC(=O)CCCNc1cc([N+](=O)[O-])cc(N)n1. The quantitative estimate of drug-likeness (QED) is 0.331. The number of carbonyl (C=O) groups excluding carboxylic acids is 1. The summed E-state index contributed by atoms with van der Waals surface area (Å²) in [6.45, 7) is 2.55. The van der Waals surface area contributed by atoms with Crippen LogP contribution in [0.15, 0.2) is 12.1 Å². The number of esters is 1. The molecule has 0 spiro atoms. The highest BCUT2D eigenvalue weighted by atomic mass is 16.6. The Labute approximate surface area is 110 Å². The highest BCUT2D eigenvalue weighted by Crippen LogP contribution is 2.18. The Kier molecular flexibility index (Phi) is 5.52. The molecule has 0 aliphatic carbocycles. The van der Waals surface area contributed by atoms with Crippen molar-refractivity contribution in [3.05, 3.63) is 22.2 Å². The van der Waals surface area contributed by atoms with E-state index in [4.69, 9.17) is 10.5 Å². The summed E-state index contributed by atoms with van der Waals surface area (Å²) in [5.41, 5.74) is 5.33. The summed E-state index contributed by atoms with van der Waals surface area (Å²) in [5.74, 6) is 0.119. The molecule has 0 amide bonds. The zero-order valence-electron chi connectivity index (χ0n) is 10.6. The first-order chi connectivity index (χ1) is 9.02. The molecular weight excluding hydrogens is 252 g/mol. The van der Waals surface area contributed by atoms with Gasteiger partial charge in [0.2, 0.25) is 0 Å². The average molecular weight is 268 g/mol. The maximum absolute atomic E-state index is 11.1. The molecule has 0 saturated carbocycles. The van der Waals surface area contributed by atoms with Crippen molar-refractivity contribution in [3.63, 3.8) is 0 Å². The number of aromatic nitrogens is 1. The van der Waals surface area contributed by atoms with Gasteiger partial charge < -0.3 is 15.8 Å². The van der Waals surface area contributed by atoms with Crippen molar-refractivity contribution in [2.24, 2.45) is 0 Å². The van der Waals surface area contributed by atoms with Gasteiger partial charge in [0.15, 0.2) is 0 Å². The topological polar surface area (TPSA) is 120 Å². The second-order valence-electron chi connectivity index (χ2n) is 3.73. The lowest BCUT2D eigenvalue weighted by atomic mass is 10.3. The van der Waals surface area contributed by atoms with E-state index < -0.39 is 4.92 Å². The number of ether oxygens (including phenoxy) is 1. The maximum Gasteiger partial charge on any atom is 0.305 e. The first-order valence-electron chi connectivity index (χ1n) is 5.84. The van der Waals surface area contributed by atoms with Crippen LogP contribution in [0.4, 0.5) is 17.3 Å². The van der Waals surface area contributed by atoms with Crippen molar-refractivity contribution in [1.82, 2.24) is 4.98 Å². The van der Waals surface area contributed by atoms with Crippen molar-refractivity contribution >= 4 is 23.3 Å². The van der Waals surface area contributed by atoms with Crippen LogP contribution in [0, 0.1) is 10.1 Å². The third kappa shape index (κ3) is 5.19. The molecule has 0 unspecified atom stereocenters. The number of nitrogens with zero attached hydrogens (tertiary/aromatic N) is 2. The van der Waals surface area contributed by atoms with Crippen molar-refractivity contribution in [2.75, 3.05) is 24.2 Å².